The minimum Gasteiger partial charge on any atom is -0.272 e. The summed E-state index contributed by atoms with van der Waals surface area (Å²) in [6.07, 6.45) is 0.280. The lowest BCUT2D eigenvalue weighted by Crippen LogP contribution is -2.18. The maximum Gasteiger partial charge on any atom is 0.254 e. The molecule has 0 radical (unpaired) electrons. The summed E-state index contributed by atoms with van der Waals surface area (Å²) >= 11 is 0. The highest BCUT2D eigenvalue weighted by Gasteiger charge is 2.27. The van der Waals surface area contributed by atoms with Crippen LogP contribution in [0, 0.1) is 4.91 Å². The Morgan fingerprint density at radius 2 is 2.08 bits per heavy atom. The number of anilines is 1. The van der Waals surface area contributed by atoms with Gasteiger partial charge in [0.1, 0.15) is 0 Å². The van der Waals surface area contributed by atoms with Gasteiger partial charge in [-0.15, -0.1) is 4.91 Å². The molecule has 0 bridgehead atoms. The van der Waals surface area contributed by atoms with Crippen LogP contribution in [0.5, 0.6) is 0 Å². The minimum absolute atomic E-state index is 0.258. The molecule has 1 aliphatic heterocycles. The summed E-state index contributed by atoms with van der Waals surface area (Å²) < 4.78 is 0. The van der Waals surface area contributed by atoms with E-state index in [0.29, 0.717) is 5.69 Å². The van der Waals surface area contributed by atoms with E-state index < -0.39 is 0 Å². The van der Waals surface area contributed by atoms with Gasteiger partial charge in [0.25, 0.3) is 5.91 Å². The van der Waals surface area contributed by atoms with E-state index in [1.165, 1.54) is 0 Å². The second-order valence-corrected chi connectivity index (χ2v) is 2.59. The Hall–Kier alpha value is -1.71. The van der Waals surface area contributed by atoms with Gasteiger partial charge in [0.15, 0.2) is 0 Å². The normalized spacial score (nSPS) is 14.7. The maximum absolute atomic E-state index is 11.1. The van der Waals surface area contributed by atoms with Gasteiger partial charge in [-0.3, -0.25) is 4.79 Å². The Bertz CT molecular complexity index is 349. The molecule has 1 aliphatic rings. The summed E-state index contributed by atoms with van der Waals surface area (Å²) in [6.45, 7) is 0. The Morgan fingerprint density at radius 1 is 1.33 bits per heavy atom. The fourth-order valence-corrected chi connectivity index (χ4v) is 1.33. The lowest BCUT2D eigenvalue weighted by atomic mass is 10.2. The van der Waals surface area contributed by atoms with Gasteiger partial charge < -0.3 is 0 Å². The van der Waals surface area contributed by atoms with Crippen LogP contribution < -0.4 is 5.01 Å². The van der Waals surface area contributed by atoms with Crippen LogP contribution in [0.4, 0.5) is 5.69 Å². The molecule has 1 aromatic carbocycles. The molecule has 12 heavy (non-hydrogen) atoms. The second-order valence-electron chi connectivity index (χ2n) is 2.59. The number of nitroso groups, excluding NO2 is 1. The Balaban J connectivity index is 2.54. The zero-order valence-electron chi connectivity index (χ0n) is 6.23. The first-order valence-corrected chi connectivity index (χ1v) is 3.57. The fraction of sp³-hybridized carbons (Fsp3) is 0.125. The molecule has 0 aliphatic carbocycles. The number of hydrogen-bond acceptors (Lipinski definition) is 3. The van der Waals surface area contributed by atoms with E-state index in [-0.39, 0.29) is 12.3 Å². The third-order valence-corrected chi connectivity index (χ3v) is 1.88. The van der Waals surface area contributed by atoms with Crippen molar-refractivity contribution in [3.63, 3.8) is 0 Å². The molecule has 0 atom stereocenters. The van der Waals surface area contributed by atoms with E-state index in [0.717, 1.165) is 10.6 Å². The molecule has 4 heteroatoms. The van der Waals surface area contributed by atoms with Crippen LogP contribution in [-0.2, 0) is 11.2 Å². The molecule has 1 heterocycles. The average molecular weight is 162 g/mol. The predicted octanol–water partition coefficient (Wildman–Crippen LogP) is 1.26. The summed E-state index contributed by atoms with van der Waals surface area (Å²) in [5, 5.41) is 3.54. The summed E-state index contributed by atoms with van der Waals surface area (Å²) in [4.78, 5) is 21.3. The Kier molecular flexibility index (Phi) is 1.40. The van der Waals surface area contributed by atoms with Crippen molar-refractivity contribution in [3.05, 3.63) is 34.7 Å². The highest BCUT2D eigenvalue weighted by atomic mass is 16.3. The lowest BCUT2D eigenvalue weighted by Gasteiger charge is -2.03. The SMILES string of the molecule is O=NN1C(=O)Cc2ccccc21. The van der Waals surface area contributed by atoms with Crippen LogP contribution in [0.1, 0.15) is 5.56 Å². The van der Waals surface area contributed by atoms with Crippen LogP contribution in [0.3, 0.4) is 0 Å². The van der Waals surface area contributed by atoms with Crippen molar-refractivity contribution in [3.8, 4) is 0 Å². The fourth-order valence-electron chi connectivity index (χ4n) is 1.33. The quantitative estimate of drug-likeness (QED) is 0.583. The van der Waals surface area contributed by atoms with Gasteiger partial charge in [0.2, 0.25) is 0 Å². The molecule has 0 saturated carbocycles. The van der Waals surface area contributed by atoms with Crippen molar-refractivity contribution in [2.24, 2.45) is 5.29 Å². The Labute approximate surface area is 68.7 Å². The van der Waals surface area contributed by atoms with Crippen LogP contribution in [0.25, 0.3) is 0 Å². The number of nitrogens with zero attached hydrogens (tertiary/aromatic N) is 2. The number of carbonyl (C=O) groups is 1. The monoisotopic (exact) mass is 162 g/mol. The molecule has 0 unspecified atom stereocenters. The standard InChI is InChI=1S/C8H6N2O2/c11-8-5-6-3-1-2-4-7(6)10(8)9-12/h1-4H,5H2. The van der Waals surface area contributed by atoms with Gasteiger partial charge in [-0.1, -0.05) is 18.2 Å². The molecular formula is C8H6N2O2. The third-order valence-electron chi connectivity index (χ3n) is 1.88. The third kappa shape index (κ3) is 0.812. The van der Waals surface area contributed by atoms with E-state index in [1.807, 2.05) is 12.1 Å². The van der Waals surface area contributed by atoms with Crippen molar-refractivity contribution in [2.75, 3.05) is 5.01 Å². The predicted molar refractivity (Wildman–Crippen MR) is 43.4 cm³/mol. The summed E-state index contributed by atoms with van der Waals surface area (Å²) in [5.41, 5.74) is 1.47. The molecule has 0 aromatic heterocycles. The van der Waals surface area contributed by atoms with Crippen LogP contribution in [0.15, 0.2) is 29.6 Å². The smallest absolute Gasteiger partial charge is 0.254 e. The van der Waals surface area contributed by atoms with Crippen LogP contribution in [-0.4, -0.2) is 5.91 Å². The van der Waals surface area contributed by atoms with Crippen molar-refractivity contribution in [1.82, 2.24) is 0 Å². The minimum atomic E-state index is -0.258. The van der Waals surface area contributed by atoms with Gasteiger partial charge in [0.05, 0.1) is 17.4 Å². The number of rotatable bonds is 1. The van der Waals surface area contributed by atoms with Crippen molar-refractivity contribution >= 4 is 11.6 Å². The van der Waals surface area contributed by atoms with Gasteiger partial charge in [-0.05, 0) is 11.6 Å². The summed E-state index contributed by atoms with van der Waals surface area (Å²) in [7, 11) is 0. The molecule has 0 saturated heterocycles. The first-order valence-electron chi connectivity index (χ1n) is 3.57. The lowest BCUT2D eigenvalue weighted by molar-refractivity contribution is -0.117. The average Bonchev–Trinajstić information content (AvgIpc) is 2.40. The van der Waals surface area contributed by atoms with E-state index in [2.05, 4.69) is 5.29 Å². The molecule has 1 aromatic rings. The van der Waals surface area contributed by atoms with Crippen LogP contribution in [0.2, 0.25) is 0 Å². The number of amides is 1. The highest BCUT2D eigenvalue weighted by Crippen LogP contribution is 2.27. The first kappa shape index (κ1) is 6.97. The summed E-state index contributed by atoms with van der Waals surface area (Å²) in [6, 6.07) is 7.13. The van der Waals surface area contributed by atoms with E-state index >= 15 is 0 Å². The molecule has 60 valence electrons. The summed E-state index contributed by atoms with van der Waals surface area (Å²) in [5.74, 6) is -0.258. The van der Waals surface area contributed by atoms with Gasteiger partial charge >= 0.3 is 0 Å². The molecule has 0 N–H and O–H groups in total. The molecule has 4 nitrogen and oxygen atoms in total. The zero-order chi connectivity index (χ0) is 8.55. The van der Waals surface area contributed by atoms with Crippen molar-refractivity contribution in [1.29, 1.82) is 0 Å². The number of para-hydroxylation sites is 1. The van der Waals surface area contributed by atoms with E-state index in [1.54, 1.807) is 12.1 Å². The van der Waals surface area contributed by atoms with Crippen LogP contribution >= 0.6 is 0 Å². The van der Waals surface area contributed by atoms with Crippen molar-refractivity contribution in [2.45, 2.75) is 6.42 Å². The van der Waals surface area contributed by atoms with Gasteiger partial charge in [0, 0.05) is 0 Å². The molecule has 0 spiro atoms. The van der Waals surface area contributed by atoms with E-state index in [9.17, 15) is 9.70 Å². The van der Waals surface area contributed by atoms with Crippen molar-refractivity contribution < 1.29 is 4.79 Å². The highest BCUT2D eigenvalue weighted by molar-refractivity contribution is 6.00. The molecular weight excluding hydrogens is 156 g/mol. The van der Waals surface area contributed by atoms with Gasteiger partial charge in [-0.25, -0.2) is 0 Å². The zero-order valence-corrected chi connectivity index (χ0v) is 6.23. The largest absolute Gasteiger partial charge is 0.272 e. The number of carbonyl (C=O) groups excluding carboxylic acids is 1. The van der Waals surface area contributed by atoms with E-state index in [4.69, 9.17) is 0 Å². The topological polar surface area (TPSA) is 49.7 Å². The number of benzene rings is 1. The number of hydrogen-bond donors (Lipinski definition) is 0. The Morgan fingerprint density at radius 3 is 2.83 bits per heavy atom. The molecule has 0 fully saturated rings. The first-order chi connectivity index (χ1) is 5.83. The molecule has 1 amide bonds. The maximum atomic E-state index is 11.1. The second kappa shape index (κ2) is 2.41. The molecule has 2 rings (SSSR count). The van der Waals surface area contributed by atoms with Gasteiger partial charge in [-0.2, -0.15) is 5.01 Å². The number of fused-ring (bicyclic) bond motifs is 1.